The number of ether oxygens (including phenoxy) is 2. The van der Waals surface area contributed by atoms with Crippen LogP contribution in [0.15, 0.2) is 66.1 Å². The molecule has 2 aromatic rings. The van der Waals surface area contributed by atoms with Gasteiger partial charge in [-0.15, -0.1) is 0 Å². The Labute approximate surface area is 136 Å². The van der Waals surface area contributed by atoms with Gasteiger partial charge in [-0.3, -0.25) is 0 Å². The van der Waals surface area contributed by atoms with Crippen LogP contribution in [0.1, 0.15) is 11.1 Å². The molecule has 23 heavy (non-hydrogen) atoms. The van der Waals surface area contributed by atoms with Gasteiger partial charge in [-0.05, 0) is 23.3 Å². The Bertz CT molecular complexity index is 708. The van der Waals surface area contributed by atoms with Crippen LogP contribution in [0, 0.1) is 0 Å². The minimum absolute atomic E-state index is 0.0557. The van der Waals surface area contributed by atoms with Crippen LogP contribution in [-0.2, 0) is 30.4 Å². The predicted molar refractivity (Wildman–Crippen MR) is 86.9 cm³/mol. The summed E-state index contributed by atoms with van der Waals surface area (Å²) in [5, 5.41) is 0. The molecule has 0 spiro atoms. The van der Waals surface area contributed by atoms with Crippen molar-refractivity contribution >= 4 is 16.2 Å². The predicted octanol–water partition coefficient (Wildman–Crippen LogP) is 3.18. The lowest BCUT2D eigenvalue weighted by molar-refractivity contribution is -0.103. The lowest BCUT2D eigenvalue weighted by atomic mass is 10.2. The van der Waals surface area contributed by atoms with Crippen LogP contribution in [0.25, 0.3) is 6.08 Å². The fraction of sp³-hybridized carbons (Fsp3) is 0.176. The second-order valence-corrected chi connectivity index (χ2v) is 6.23. The van der Waals surface area contributed by atoms with E-state index in [1.165, 1.54) is 12.1 Å². The summed E-state index contributed by atoms with van der Waals surface area (Å²) >= 11 is 0. The van der Waals surface area contributed by atoms with E-state index in [4.69, 9.17) is 13.7 Å². The van der Waals surface area contributed by atoms with Crippen molar-refractivity contribution in [3.8, 4) is 0 Å². The standard InChI is InChI=1S/C17H18O5S/c1-2-15-8-10-17(11-9-15)23(18,19)22-14-21-13-20-12-16-6-4-3-5-7-16/h2-11H,1,12-14H2. The molecule has 0 atom stereocenters. The lowest BCUT2D eigenvalue weighted by Gasteiger charge is -2.08. The van der Waals surface area contributed by atoms with Crippen molar-refractivity contribution in [1.29, 1.82) is 0 Å². The van der Waals surface area contributed by atoms with Crippen molar-refractivity contribution in [3.05, 3.63) is 72.3 Å². The summed E-state index contributed by atoms with van der Waals surface area (Å²) < 4.78 is 38.9. The van der Waals surface area contributed by atoms with Gasteiger partial charge < -0.3 is 9.47 Å². The van der Waals surface area contributed by atoms with Crippen molar-refractivity contribution in [2.24, 2.45) is 0 Å². The van der Waals surface area contributed by atoms with Gasteiger partial charge in [-0.1, -0.05) is 55.1 Å². The van der Waals surface area contributed by atoms with Crippen molar-refractivity contribution in [2.45, 2.75) is 11.5 Å². The molecule has 6 heteroatoms. The third-order valence-electron chi connectivity index (χ3n) is 2.97. The Morgan fingerprint density at radius 1 is 0.913 bits per heavy atom. The largest absolute Gasteiger partial charge is 0.351 e. The molecule has 0 amide bonds. The summed E-state index contributed by atoms with van der Waals surface area (Å²) in [5.74, 6) is 0. The highest BCUT2D eigenvalue weighted by molar-refractivity contribution is 7.86. The zero-order chi connectivity index (χ0) is 16.5. The highest BCUT2D eigenvalue weighted by atomic mass is 32.2. The summed E-state index contributed by atoms with van der Waals surface area (Å²) in [4.78, 5) is 0.0666. The Hall–Kier alpha value is -1.99. The van der Waals surface area contributed by atoms with Crippen molar-refractivity contribution in [2.75, 3.05) is 13.6 Å². The van der Waals surface area contributed by atoms with E-state index in [2.05, 4.69) is 6.58 Å². The maximum absolute atomic E-state index is 11.9. The quantitative estimate of drug-likeness (QED) is 0.400. The molecule has 2 rings (SSSR count). The van der Waals surface area contributed by atoms with Crippen molar-refractivity contribution < 1.29 is 22.1 Å². The van der Waals surface area contributed by atoms with Crippen LogP contribution in [0.4, 0.5) is 0 Å². The molecule has 0 aliphatic carbocycles. The van der Waals surface area contributed by atoms with Crippen LogP contribution < -0.4 is 0 Å². The summed E-state index contributed by atoms with van der Waals surface area (Å²) in [7, 11) is -3.84. The van der Waals surface area contributed by atoms with E-state index in [1.807, 2.05) is 30.3 Å². The molecule has 0 radical (unpaired) electrons. The molecule has 0 unspecified atom stereocenters. The zero-order valence-corrected chi connectivity index (χ0v) is 13.4. The van der Waals surface area contributed by atoms with Gasteiger partial charge in [0.1, 0.15) is 6.79 Å². The molecular weight excluding hydrogens is 316 g/mol. The van der Waals surface area contributed by atoms with E-state index in [0.29, 0.717) is 6.61 Å². The maximum Gasteiger partial charge on any atom is 0.299 e. The van der Waals surface area contributed by atoms with Gasteiger partial charge in [-0.25, -0.2) is 4.18 Å². The van der Waals surface area contributed by atoms with Gasteiger partial charge in [0, 0.05) is 0 Å². The van der Waals surface area contributed by atoms with Gasteiger partial charge in [0.05, 0.1) is 11.5 Å². The van der Waals surface area contributed by atoms with E-state index in [9.17, 15) is 8.42 Å². The Kier molecular flexibility index (Phi) is 6.49. The first-order chi connectivity index (χ1) is 11.1. The fourth-order valence-corrected chi connectivity index (χ4v) is 2.56. The summed E-state index contributed by atoms with van der Waals surface area (Å²) in [6.07, 6.45) is 1.63. The van der Waals surface area contributed by atoms with Gasteiger partial charge in [-0.2, -0.15) is 8.42 Å². The molecule has 2 aromatic carbocycles. The first-order valence-electron chi connectivity index (χ1n) is 6.93. The zero-order valence-electron chi connectivity index (χ0n) is 12.6. The number of rotatable bonds is 9. The molecular formula is C17H18O5S. The first kappa shape index (κ1) is 17.4. The third-order valence-corrected chi connectivity index (χ3v) is 4.23. The number of hydrogen-bond acceptors (Lipinski definition) is 5. The van der Waals surface area contributed by atoms with Crippen LogP contribution in [0.3, 0.4) is 0 Å². The SMILES string of the molecule is C=Cc1ccc(S(=O)(=O)OCOCOCc2ccccc2)cc1. The molecule has 0 N–H and O–H groups in total. The Morgan fingerprint density at radius 2 is 1.61 bits per heavy atom. The van der Waals surface area contributed by atoms with E-state index >= 15 is 0 Å². The van der Waals surface area contributed by atoms with Crippen LogP contribution >= 0.6 is 0 Å². The molecule has 0 saturated heterocycles. The molecule has 0 saturated carbocycles. The normalized spacial score (nSPS) is 11.3. The monoisotopic (exact) mass is 334 g/mol. The van der Waals surface area contributed by atoms with E-state index < -0.39 is 16.9 Å². The van der Waals surface area contributed by atoms with Gasteiger partial charge in [0.15, 0.2) is 6.79 Å². The van der Waals surface area contributed by atoms with Gasteiger partial charge in [0.2, 0.25) is 0 Å². The van der Waals surface area contributed by atoms with E-state index in [1.54, 1.807) is 18.2 Å². The van der Waals surface area contributed by atoms with Crippen molar-refractivity contribution in [3.63, 3.8) is 0 Å². The Morgan fingerprint density at radius 3 is 2.26 bits per heavy atom. The van der Waals surface area contributed by atoms with Crippen LogP contribution in [-0.4, -0.2) is 22.0 Å². The van der Waals surface area contributed by atoms with Crippen LogP contribution in [0.5, 0.6) is 0 Å². The molecule has 0 bridgehead atoms. The second-order valence-electron chi connectivity index (χ2n) is 4.62. The average Bonchev–Trinajstić information content (AvgIpc) is 2.59. The molecule has 0 aliphatic rings. The number of hydrogen-bond donors (Lipinski definition) is 0. The first-order valence-corrected chi connectivity index (χ1v) is 8.34. The van der Waals surface area contributed by atoms with Crippen LogP contribution in [0.2, 0.25) is 0 Å². The van der Waals surface area contributed by atoms with Gasteiger partial charge in [0.25, 0.3) is 10.1 Å². The maximum atomic E-state index is 11.9. The summed E-state index contributed by atoms with van der Waals surface area (Å²) in [6.45, 7) is 3.54. The van der Waals surface area contributed by atoms with Gasteiger partial charge >= 0.3 is 0 Å². The Balaban J connectivity index is 1.71. The smallest absolute Gasteiger partial charge is 0.299 e. The summed E-state index contributed by atoms with van der Waals surface area (Å²) in [6, 6.07) is 15.8. The number of benzene rings is 2. The molecule has 122 valence electrons. The minimum Gasteiger partial charge on any atom is -0.351 e. The van der Waals surface area contributed by atoms with Crippen molar-refractivity contribution in [1.82, 2.24) is 0 Å². The molecule has 0 aliphatic heterocycles. The highest BCUT2D eigenvalue weighted by Gasteiger charge is 2.14. The molecule has 0 fully saturated rings. The molecule has 0 aromatic heterocycles. The molecule has 0 heterocycles. The highest BCUT2D eigenvalue weighted by Crippen LogP contribution is 2.14. The second kappa shape index (κ2) is 8.59. The van der Waals surface area contributed by atoms with E-state index in [-0.39, 0.29) is 11.7 Å². The molecule has 5 nitrogen and oxygen atoms in total. The third kappa shape index (κ3) is 5.61. The fourth-order valence-electron chi connectivity index (χ4n) is 1.76. The van der Waals surface area contributed by atoms with E-state index in [0.717, 1.165) is 11.1 Å². The lowest BCUT2D eigenvalue weighted by Crippen LogP contribution is -2.11. The minimum atomic E-state index is -3.84. The topological polar surface area (TPSA) is 61.8 Å². The average molecular weight is 334 g/mol. The summed E-state index contributed by atoms with van der Waals surface area (Å²) in [5.41, 5.74) is 1.83.